The lowest BCUT2D eigenvalue weighted by atomic mass is 10.1. The second kappa shape index (κ2) is 7.10. The summed E-state index contributed by atoms with van der Waals surface area (Å²) in [7, 11) is 1.31. The number of hydrazine groups is 1. The Balaban J connectivity index is 3.74. The summed E-state index contributed by atoms with van der Waals surface area (Å²) in [4.78, 5) is 14.8. The molecule has 14 heavy (non-hydrogen) atoms. The maximum absolute atomic E-state index is 11.0. The van der Waals surface area contributed by atoms with E-state index in [1.807, 2.05) is 0 Å². The Morgan fingerprint density at radius 2 is 2.21 bits per heavy atom. The van der Waals surface area contributed by atoms with Crippen molar-refractivity contribution in [1.82, 2.24) is 5.43 Å². The van der Waals surface area contributed by atoms with E-state index in [9.17, 15) is 4.79 Å². The van der Waals surface area contributed by atoms with Crippen LogP contribution >= 0.6 is 0 Å². The number of esters is 1. The predicted molar refractivity (Wildman–Crippen MR) is 53.0 cm³/mol. The topological polar surface area (TPSA) is 129 Å². The zero-order valence-corrected chi connectivity index (χ0v) is 8.19. The van der Waals surface area contributed by atoms with Gasteiger partial charge in [0, 0.05) is 6.54 Å². The molecule has 0 aromatic heterocycles. The van der Waals surface area contributed by atoms with Crippen LogP contribution in [0.15, 0.2) is 4.99 Å². The predicted octanol–water partition coefficient (Wildman–Crippen LogP) is -1.96. The van der Waals surface area contributed by atoms with Gasteiger partial charge in [-0.1, -0.05) is 0 Å². The number of hydrogen-bond acceptors (Lipinski definition) is 5. The van der Waals surface area contributed by atoms with E-state index in [1.54, 1.807) is 0 Å². The summed E-state index contributed by atoms with van der Waals surface area (Å²) >= 11 is 0. The third kappa shape index (κ3) is 5.33. The van der Waals surface area contributed by atoms with Crippen LogP contribution in [0, 0.1) is 0 Å². The molecule has 0 rings (SSSR count). The lowest BCUT2D eigenvalue weighted by Crippen LogP contribution is -2.42. The van der Waals surface area contributed by atoms with Gasteiger partial charge >= 0.3 is 5.97 Å². The first kappa shape index (κ1) is 12.7. The number of rotatable bonds is 6. The van der Waals surface area contributed by atoms with Crippen LogP contribution in [0.4, 0.5) is 0 Å². The minimum Gasteiger partial charge on any atom is -0.468 e. The van der Waals surface area contributed by atoms with Gasteiger partial charge in [-0.3, -0.25) is 15.6 Å². The maximum Gasteiger partial charge on any atom is 0.324 e. The smallest absolute Gasteiger partial charge is 0.324 e. The lowest BCUT2D eigenvalue weighted by molar-refractivity contribution is -0.143. The van der Waals surface area contributed by atoms with E-state index in [0.29, 0.717) is 19.4 Å². The van der Waals surface area contributed by atoms with Crippen LogP contribution in [0.1, 0.15) is 12.8 Å². The molecule has 0 amide bonds. The largest absolute Gasteiger partial charge is 0.468 e. The Morgan fingerprint density at radius 1 is 1.57 bits per heavy atom. The Bertz CT molecular complexity index is 202. The third-order valence-electron chi connectivity index (χ3n) is 1.63. The zero-order chi connectivity index (χ0) is 11.0. The lowest BCUT2D eigenvalue weighted by Gasteiger charge is -2.11. The summed E-state index contributed by atoms with van der Waals surface area (Å²) in [6.07, 6.45) is 1.18. The zero-order valence-electron chi connectivity index (χ0n) is 8.19. The highest BCUT2D eigenvalue weighted by Gasteiger charge is 2.15. The normalized spacial score (nSPS) is 11.9. The van der Waals surface area contributed by atoms with Gasteiger partial charge < -0.3 is 16.2 Å². The van der Waals surface area contributed by atoms with Gasteiger partial charge in [-0.25, -0.2) is 5.43 Å². The first-order chi connectivity index (χ1) is 6.61. The minimum atomic E-state index is -0.505. The van der Waals surface area contributed by atoms with E-state index >= 15 is 0 Å². The van der Waals surface area contributed by atoms with E-state index in [-0.39, 0.29) is 5.96 Å². The van der Waals surface area contributed by atoms with Crippen LogP contribution < -0.4 is 22.7 Å². The summed E-state index contributed by atoms with van der Waals surface area (Å²) in [5.74, 6) is 4.81. The van der Waals surface area contributed by atoms with E-state index < -0.39 is 12.0 Å². The molecule has 0 unspecified atom stereocenters. The third-order valence-corrected chi connectivity index (χ3v) is 1.63. The summed E-state index contributed by atoms with van der Waals surface area (Å²) in [5.41, 5.74) is 12.6. The highest BCUT2D eigenvalue weighted by atomic mass is 16.5. The Labute approximate surface area is 82.6 Å². The first-order valence-corrected chi connectivity index (χ1v) is 4.21. The van der Waals surface area contributed by atoms with Crippen molar-refractivity contribution < 1.29 is 9.53 Å². The molecule has 0 fully saturated rings. The molecule has 7 nitrogen and oxygen atoms in total. The van der Waals surface area contributed by atoms with Crippen molar-refractivity contribution in [3.8, 4) is 0 Å². The van der Waals surface area contributed by atoms with E-state index in [4.69, 9.17) is 17.3 Å². The summed E-state index contributed by atoms with van der Waals surface area (Å²) in [6.45, 7) is 0.470. The Kier molecular flexibility index (Phi) is 6.42. The van der Waals surface area contributed by atoms with Gasteiger partial charge in [0.1, 0.15) is 6.04 Å². The fraction of sp³-hybridized carbons (Fsp3) is 0.714. The van der Waals surface area contributed by atoms with E-state index in [2.05, 4.69) is 15.2 Å². The molecule has 0 aliphatic rings. The van der Waals surface area contributed by atoms with Gasteiger partial charge in [-0.15, -0.1) is 0 Å². The van der Waals surface area contributed by atoms with Crippen LogP contribution in [0.25, 0.3) is 0 Å². The highest BCUT2D eigenvalue weighted by molar-refractivity contribution is 5.76. The fourth-order valence-electron chi connectivity index (χ4n) is 0.915. The van der Waals surface area contributed by atoms with Crippen molar-refractivity contribution in [2.45, 2.75) is 18.9 Å². The molecule has 0 bridgehead atoms. The molecule has 0 aliphatic carbocycles. The number of nitrogens with zero attached hydrogens (tertiary/aromatic N) is 1. The number of ether oxygens (including phenoxy) is 1. The standard InChI is InChI=1S/C7H17N5O2/c1-14-6(13)5(12-10)3-2-4-11-7(8)9/h5,12H,2-4,10H2,1H3,(H4,8,9,11)/t5-/m0/s1. The molecule has 0 spiro atoms. The molecule has 0 heterocycles. The molecule has 7 N–H and O–H groups in total. The average molecular weight is 203 g/mol. The number of guanidine groups is 1. The van der Waals surface area contributed by atoms with E-state index in [0.717, 1.165) is 0 Å². The first-order valence-electron chi connectivity index (χ1n) is 4.21. The number of carbonyl (C=O) groups excluding carboxylic acids is 1. The Morgan fingerprint density at radius 3 is 2.64 bits per heavy atom. The van der Waals surface area contributed by atoms with Crippen LogP contribution in [-0.2, 0) is 9.53 Å². The number of aliphatic imine (C=N–C) groups is 1. The summed E-state index contributed by atoms with van der Waals surface area (Å²) in [6, 6.07) is -0.505. The molecule has 82 valence electrons. The van der Waals surface area contributed by atoms with Gasteiger partial charge in [-0.05, 0) is 12.8 Å². The van der Waals surface area contributed by atoms with Crippen LogP contribution in [-0.4, -0.2) is 31.6 Å². The van der Waals surface area contributed by atoms with Gasteiger partial charge in [0.15, 0.2) is 5.96 Å². The molecule has 0 aliphatic heterocycles. The number of nitrogens with two attached hydrogens (primary N) is 3. The second-order valence-corrected chi connectivity index (χ2v) is 2.69. The molecule has 0 radical (unpaired) electrons. The number of carbonyl (C=O) groups is 1. The number of nitrogens with one attached hydrogen (secondary N) is 1. The number of hydrogen-bond donors (Lipinski definition) is 4. The molecule has 7 heteroatoms. The van der Waals surface area contributed by atoms with Crippen molar-refractivity contribution >= 4 is 11.9 Å². The minimum absolute atomic E-state index is 0.0420. The van der Waals surface area contributed by atoms with E-state index in [1.165, 1.54) is 7.11 Å². The van der Waals surface area contributed by atoms with Crippen LogP contribution in [0.5, 0.6) is 0 Å². The van der Waals surface area contributed by atoms with Gasteiger partial charge in [0.05, 0.1) is 7.11 Å². The maximum atomic E-state index is 11.0. The molecule has 0 saturated carbocycles. The molecular formula is C7H17N5O2. The van der Waals surface area contributed by atoms with Gasteiger partial charge in [0.25, 0.3) is 0 Å². The Hall–Kier alpha value is -1.34. The molecular weight excluding hydrogens is 186 g/mol. The molecule has 0 saturated heterocycles. The summed E-state index contributed by atoms with van der Waals surface area (Å²) in [5, 5.41) is 0. The van der Waals surface area contributed by atoms with Crippen molar-refractivity contribution in [2.75, 3.05) is 13.7 Å². The monoisotopic (exact) mass is 203 g/mol. The van der Waals surface area contributed by atoms with Crippen molar-refractivity contribution in [2.24, 2.45) is 22.3 Å². The quantitative estimate of drug-likeness (QED) is 0.0991. The van der Waals surface area contributed by atoms with Crippen molar-refractivity contribution in [3.05, 3.63) is 0 Å². The average Bonchev–Trinajstić information content (AvgIpc) is 2.16. The molecule has 1 atom stereocenters. The van der Waals surface area contributed by atoms with Crippen molar-refractivity contribution in [3.63, 3.8) is 0 Å². The molecule has 0 aromatic rings. The van der Waals surface area contributed by atoms with Crippen molar-refractivity contribution in [1.29, 1.82) is 0 Å². The highest BCUT2D eigenvalue weighted by Crippen LogP contribution is 1.98. The molecule has 0 aromatic carbocycles. The number of methoxy groups -OCH3 is 1. The SMILES string of the molecule is COC(=O)[C@H](CCCN=C(N)N)NN. The van der Waals surface area contributed by atoms with Crippen LogP contribution in [0.2, 0.25) is 0 Å². The van der Waals surface area contributed by atoms with Gasteiger partial charge in [0.2, 0.25) is 0 Å². The van der Waals surface area contributed by atoms with Crippen LogP contribution in [0.3, 0.4) is 0 Å². The second-order valence-electron chi connectivity index (χ2n) is 2.69. The fourth-order valence-corrected chi connectivity index (χ4v) is 0.915. The van der Waals surface area contributed by atoms with Gasteiger partial charge in [-0.2, -0.15) is 0 Å². The summed E-state index contributed by atoms with van der Waals surface area (Å²) < 4.78 is 4.51.